The Balaban J connectivity index is 1.41. The van der Waals surface area contributed by atoms with E-state index in [4.69, 9.17) is 4.74 Å². The summed E-state index contributed by atoms with van der Waals surface area (Å²) in [7, 11) is -3.19. The Hall–Kier alpha value is -4.38. The minimum Gasteiger partial charge on any atom is -0.486 e. The number of hydrogen-bond acceptors (Lipinski definition) is 8. The first-order valence-corrected chi connectivity index (χ1v) is 15.1. The van der Waals surface area contributed by atoms with E-state index in [1.807, 2.05) is 6.07 Å². The molecule has 11 nitrogen and oxygen atoms in total. The number of likely N-dealkylation sites (tertiary alicyclic amines) is 1. The van der Waals surface area contributed by atoms with Crippen LogP contribution in [0.15, 0.2) is 41.2 Å². The number of nitrogens with zero attached hydrogens (tertiary/aromatic N) is 5. The summed E-state index contributed by atoms with van der Waals surface area (Å²) in [5.74, 6) is 0.161. The van der Waals surface area contributed by atoms with Crippen molar-refractivity contribution in [1.82, 2.24) is 24.6 Å². The zero-order valence-corrected chi connectivity index (χ0v) is 23.5. The molecule has 1 aliphatic heterocycles. The highest BCUT2D eigenvalue weighted by Gasteiger charge is 2.30. The number of ether oxygens (including phenoxy) is 1. The molecule has 2 aromatic carbocycles. The van der Waals surface area contributed by atoms with Crippen LogP contribution in [0.2, 0.25) is 0 Å². The van der Waals surface area contributed by atoms with Gasteiger partial charge < -0.3 is 14.6 Å². The molecule has 0 spiro atoms. The smallest absolute Gasteiger partial charge is 0.275 e. The van der Waals surface area contributed by atoms with E-state index >= 15 is 0 Å². The number of carbonyl (C=O) groups excluding carboxylic acids is 1. The van der Waals surface area contributed by atoms with Crippen LogP contribution in [-0.4, -0.2) is 76.1 Å². The Labute approximate surface area is 239 Å². The van der Waals surface area contributed by atoms with Crippen LogP contribution in [0.5, 0.6) is 5.75 Å². The normalized spacial score (nSPS) is 14.5. The zero-order chi connectivity index (χ0) is 30.0. The van der Waals surface area contributed by atoms with Gasteiger partial charge in [-0.2, -0.15) is 10.4 Å². The Morgan fingerprint density at radius 2 is 1.93 bits per heavy atom. The molecule has 0 unspecified atom stereocenters. The van der Waals surface area contributed by atoms with E-state index in [2.05, 4.69) is 15.1 Å². The van der Waals surface area contributed by atoms with Crippen LogP contribution in [0.1, 0.15) is 36.8 Å². The van der Waals surface area contributed by atoms with Crippen molar-refractivity contribution in [3.63, 3.8) is 0 Å². The number of amides is 1. The minimum absolute atomic E-state index is 0.00434. The van der Waals surface area contributed by atoms with Gasteiger partial charge in [0.25, 0.3) is 12.0 Å². The Kier molecular flexibility index (Phi) is 8.22. The highest BCUT2D eigenvalue weighted by molar-refractivity contribution is 7.92. The maximum atomic E-state index is 13.3. The lowest BCUT2D eigenvalue weighted by Crippen LogP contribution is -2.45. The highest BCUT2D eigenvalue weighted by Crippen LogP contribution is 2.26. The maximum Gasteiger partial charge on any atom is 0.275 e. The number of fused-ring (bicyclic) bond motifs is 2. The van der Waals surface area contributed by atoms with Gasteiger partial charge in [0.2, 0.25) is 5.91 Å². The van der Waals surface area contributed by atoms with Crippen LogP contribution in [-0.2, 0) is 27.6 Å². The van der Waals surface area contributed by atoms with Gasteiger partial charge in [0.05, 0.1) is 39.3 Å². The molecule has 1 aliphatic rings. The van der Waals surface area contributed by atoms with E-state index in [-0.39, 0.29) is 49.0 Å². The predicted octanol–water partition coefficient (Wildman–Crippen LogP) is 2.80. The number of sulfone groups is 1. The molecule has 1 fully saturated rings. The molecule has 14 heteroatoms. The fourth-order valence-electron chi connectivity index (χ4n) is 5.16. The summed E-state index contributed by atoms with van der Waals surface area (Å²) in [4.78, 5) is 35.6. The molecule has 4 aromatic rings. The fraction of sp³-hybridized carbons (Fsp3) is 0.393. The molecule has 1 N–H and O–H groups in total. The van der Waals surface area contributed by atoms with Gasteiger partial charge in [-0.3, -0.25) is 9.59 Å². The first kappa shape index (κ1) is 29.1. The maximum absolute atomic E-state index is 13.3. The molecular weight excluding hydrogens is 570 g/mol. The van der Waals surface area contributed by atoms with Crippen molar-refractivity contribution in [2.45, 2.75) is 44.4 Å². The van der Waals surface area contributed by atoms with Gasteiger partial charge in [0, 0.05) is 30.3 Å². The summed E-state index contributed by atoms with van der Waals surface area (Å²) >= 11 is 0. The van der Waals surface area contributed by atoms with Crippen molar-refractivity contribution in [1.29, 1.82) is 5.26 Å². The number of alkyl halides is 2. The molecule has 1 saturated heterocycles. The topological polar surface area (TPSA) is 151 Å². The van der Waals surface area contributed by atoms with Crippen LogP contribution in [0.4, 0.5) is 8.78 Å². The molecule has 0 atom stereocenters. The first-order valence-electron chi connectivity index (χ1n) is 13.4. The average molecular weight is 599 g/mol. The van der Waals surface area contributed by atoms with E-state index < -0.39 is 33.7 Å². The third-order valence-corrected chi connectivity index (χ3v) is 9.68. The molecule has 2 aromatic heterocycles. The van der Waals surface area contributed by atoms with Crippen LogP contribution >= 0.6 is 0 Å². The average Bonchev–Trinajstić information content (AvgIpc) is 3.38. The summed E-state index contributed by atoms with van der Waals surface area (Å²) in [6, 6.07) is 11.7. The molecule has 3 heterocycles. The number of halogens is 2. The van der Waals surface area contributed by atoms with Crippen molar-refractivity contribution in [2.24, 2.45) is 0 Å². The van der Waals surface area contributed by atoms with Gasteiger partial charge in [-0.05, 0) is 25.0 Å². The summed E-state index contributed by atoms with van der Waals surface area (Å²) in [6.07, 6.45) is -1.87. The van der Waals surface area contributed by atoms with Gasteiger partial charge in [0.15, 0.2) is 9.84 Å². The second-order valence-corrected chi connectivity index (χ2v) is 12.6. The van der Waals surface area contributed by atoms with E-state index in [0.717, 1.165) is 4.68 Å². The SMILES string of the molecule is CCS(=O)(=O)C1CCN(C(=O)Cn2nc(Cc3nc4cc(OCC(F)F)c(C#N)cc4[nH]3)c3ccccc3c2=O)CC1. The molecule has 5 rings (SSSR count). The van der Waals surface area contributed by atoms with Gasteiger partial charge in [-0.15, -0.1) is 0 Å². The van der Waals surface area contributed by atoms with Crippen molar-refractivity contribution >= 4 is 37.6 Å². The third kappa shape index (κ3) is 5.96. The van der Waals surface area contributed by atoms with Crippen LogP contribution in [0.25, 0.3) is 21.8 Å². The number of rotatable bonds is 9. The largest absolute Gasteiger partial charge is 0.486 e. The predicted molar refractivity (Wildman–Crippen MR) is 150 cm³/mol. The van der Waals surface area contributed by atoms with E-state index in [0.29, 0.717) is 46.2 Å². The van der Waals surface area contributed by atoms with Crippen molar-refractivity contribution in [2.75, 3.05) is 25.4 Å². The number of carbonyl (C=O) groups is 1. The molecule has 42 heavy (non-hydrogen) atoms. The summed E-state index contributed by atoms with van der Waals surface area (Å²) in [6.45, 7) is 1.01. The number of imidazole rings is 1. The molecule has 1 amide bonds. The molecule has 220 valence electrons. The van der Waals surface area contributed by atoms with Gasteiger partial charge in [-0.25, -0.2) is 26.9 Å². The molecule has 0 radical (unpaired) electrons. The van der Waals surface area contributed by atoms with Crippen LogP contribution in [0, 0.1) is 11.3 Å². The second kappa shape index (κ2) is 11.8. The number of aromatic nitrogens is 4. The minimum atomic E-state index is -3.19. The summed E-state index contributed by atoms with van der Waals surface area (Å²) in [5.41, 5.74) is 1.00. The molecule has 0 bridgehead atoms. The van der Waals surface area contributed by atoms with Crippen molar-refractivity contribution < 1.29 is 26.7 Å². The zero-order valence-electron chi connectivity index (χ0n) is 22.7. The third-order valence-electron chi connectivity index (χ3n) is 7.39. The standard InChI is InChI=1S/C28H28F2N6O5S/c1-2-42(39,40)18-7-9-35(10-8-18)27(37)15-36-28(38)20-6-4-3-5-19(20)21(34-36)13-26-32-22-11-17(14-31)24(12-23(22)33-26)41-16-25(29)30/h3-6,11-12,18,25H,2,7-10,13,15-16H2,1H3,(H,32,33). The number of nitriles is 1. The van der Waals surface area contributed by atoms with Crippen molar-refractivity contribution in [3.05, 3.63) is 63.8 Å². The van der Waals surface area contributed by atoms with Gasteiger partial charge >= 0.3 is 0 Å². The first-order chi connectivity index (χ1) is 20.1. The quantitative estimate of drug-likeness (QED) is 0.309. The van der Waals surface area contributed by atoms with Crippen molar-refractivity contribution in [3.8, 4) is 11.8 Å². The molecular formula is C28H28F2N6O5S. The number of aromatic amines is 1. The van der Waals surface area contributed by atoms with Gasteiger partial charge in [0.1, 0.15) is 30.8 Å². The number of nitrogens with one attached hydrogen (secondary N) is 1. The second-order valence-electron chi connectivity index (χ2n) is 10.0. The molecule has 0 aliphatic carbocycles. The Bertz CT molecular complexity index is 1860. The number of H-pyrrole nitrogens is 1. The number of benzene rings is 2. The lowest BCUT2D eigenvalue weighted by atomic mass is 10.1. The summed E-state index contributed by atoms with van der Waals surface area (Å²) < 4.78 is 56.0. The number of hydrogen-bond donors (Lipinski definition) is 1. The Morgan fingerprint density at radius 1 is 1.21 bits per heavy atom. The van der Waals surface area contributed by atoms with E-state index in [9.17, 15) is 32.0 Å². The lowest BCUT2D eigenvalue weighted by Gasteiger charge is -2.31. The van der Waals surface area contributed by atoms with Crippen LogP contribution in [0.3, 0.4) is 0 Å². The van der Waals surface area contributed by atoms with Gasteiger partial charge in [-0.1, -0.05) is 25.1 Å². The van der Waals surface area contributed by atoms with Crippen LogP contribution < -0.4 is 10.3 Å². The lowest BCUT2D eigenvalue weighted by molar-refractivity contribution is -0.132. The molecule has 0 saturated carbocycles. The van der Waals surface area contributed by atoms with E-state index in [1.54, 1.807) is 36.1 Å². The summed E-state index contributed by atoms with van der Waals surface area (Å²) in [5, 5.41) is 14.4. The monoisotopic (exact) mass is 598 g/mol. The Morgan fingerprint density at radius 3 is 2.60 bits per heavy atom. The highest BCUT2D eigenvalue weighted by atomic mass is 32.2. The number of piperidine rings is 1. The fourth-order valence-corrected chi connectivity index (χ4v) is 6.56. The van der Waals surface area contributed by atoms with E-state index in [1.165, 1.54) is 12.1 Å².